The number of rotatable bonds is 3. The Morgan fingerprint density at radius 2 is 2.33 bits per heavy atom. The summed E-state index contributed by atoms with van der Waals surface area (Å²) in [6.07, 6.45) is 1.23. The van der Waals surface area contributed by atoms with E-state index in [1.165, 1.54) is 30.4 Å². The Balaban J connectivity index is 2.17. The van der Waals surface area contributed by atoms with E-state index in [1.54, 1.807) is 6.07 Å². The minimum atomic E-state index is -0.445. The predicted molar refractivity (Wildman–Crippen MR) is 63.6 cm³/mol. The molecule has 18 heavy (non-hydrogen) atoms. The number of amides is 1. The molecule has 0 bridgehead atoms. The Bertz CT molecular complexity index is 538. The van der Waals surface area contributed by atoms with Gasteiger partial charge in [0.25, 0.3) is 5.91 Å². The van der Waals surface area contributed by atoms with Gasteiger partial charge in [-0.25, -0.2) is 9.37 Å². The SMILES string of the molecule is CN(Cc1c(F)cccc1Cl)C(=O)c1ncn[nH]1. The van der Waals surface area contributed by atoms with Crippen molar-refractivity contribution < 1.29 is 9.18 Å². The second-order valence-electron chi connectivity index (χ2n) is 3.70. The maximum Gasteiger partial charge on any atom is 0.291 e. The molecule has 94 valence electrons. The summed E-state index contributed by atoms with van der Waals surface area (Å²) in [5.41, 5.74) is 0.273. The van der Waals surface area contributed by atoms with E-state index in [9.17, 15) is 9.18 Å². The number of H-pyrrole nitrogens is 1. The highest BCUT2D eigenvalue weighted by Gasteiger charge is 2.17. The van der Waals surface area contributed by atoms with E-state index in [0.29, 0.717) is 0 Å². The number of aromatic amines is 1. The first-order chi connectivity index (χ1) is 8.59. The molecular weight excluding hydrogens is 259 g/mol. The van der Waals surface area contributed by atoms with Gasteiger partial charge in [0, 0.05) is 17.6 Å². The number of nitrogens with zero attached hydrogens (tertiary/aromatic N) is 3. The minimum absolute atomic E-state index is 0.0606. The molecule has 0 atom stereocenters. The summed E-state index contributed by atoms with van der Waals surface area (Å²) in [7, 11) is 1.54. The van der Waals surface area contributed by atoms with Crippen molar-refractivity contribution in [3.05, 3.63) is 46.8 Å². The van der Waals surface area contributed by atoms with Gasteiger partial charge in [-0.05, 0) is 12.1 Å². The fraction of sp³-hybridized carbons (Fsp3) is 0.182. The molecule has 0 aliphatic rings. The topological polar surface area (TPSA) is 61.9 Å². The van der Waals surface area contributed by atoms with Crippen LogP contribution in [-0.2, 0) is 6.54 Å². The van der Waals surface area contributed by atoms with Crippen molar-refractivity contribution in [2.24, 2.45) is 0 Å². The normalized spacial score (nSPS) is 10.4. The predicted octanol–water partition coefficient (Wildman–Crippen LogP) is 1.87. The molecule has 1 aromatic heterocycles. The Morgan fingerprint density at radius 1 is 1.56 bits per heavy atom. The Morgan fingerprint density at radius 3 is 2.94 bits per heavy atom. The van der Waals surface area contributed by atoms with Crippen LogP contribution in [0.5, 0.6) is 0 Å². The smallest absolute Gasteiger partial charge is 0.291 e. The van der Waals surface area contributed by atoms with Crippen LogP contribution in [0.3, 0.4) is 0 Å². The number of nitrogens with one attached hydrogen (secondary N) is 1. The average Bonchev–Trinajstić information content (AvgIpc) is 2.86. The Labute approximate surface area is 108 Å². The van der Waals surface area contributed by atoms with Crippen molar-refractivity contribution in [3.8, 4) is 0 Å². The third kappa shape index (κ3) is 2.48. The van der Waals surface area contributed by atoms with Gasteiger partial charge >= 0.3 is 0 Å². The van der Waals surface area contributed by atoms with Crippen molar-refractivity contribution in [2.45, 2.75) is 6.54 Å². The summed E-state index contributed by atoms with van der Waals surface area (Å²) in [6.45, 7) is 0.0606. The molecule has 0 saturated heterocycles. The summed E-state index contributed by atoms with van der Waals surface area (Å²) in [4.78, 5) is 16.9. The molecule has 2 aromatic rings. The molecule has 7 heteroatoms. The van der Waals surface area contributed by atoms with Gasteiger partial charge in [-0.1, -0.05) is 17.7 Å². The van der Waals surface area contributed by atoms with E-state index in [1.807, 2.05) is 0 Å². The third-order valence-electron chi connectivity index (χ3n) is 2.42. The molecule has 1 heterocycles. The minimum Gasteiger partial charge on any atom is -0.335 e. The van der Waals surface area contributed by atoms with E-state index in [-0.39, 0.29) is 28.9 Å². The van der Waals surface area contributed by atoms with Gasteiger partial charge in [0.05, 0.1) is 6.54 Å². The van der Waals surface area contributed by atoms with Crippen molar-refractivity contribution in [3.63, 3.8) is 0 Å². The lowest BCUT2D eigenvalue weighted by atomic mass is 10.2. The number of hydrogen-bond acceptors (Lipinski definition) is 3. The van der Waals surface area contributed by atoms with Crippen LogP contribution >= 0.6 is 11.6 Å². The summed E-state index contributed by atoms with van der Waals surface area (Å²) in [6, 6.07) is 4.39. The van der Waals surface area contributed by atoms with Crippen LogP contribution in [0.4, 0.5) is 4.39 Å². The van der Waals surface area contributed by atoms with Crippen LogP contribution < -0.4 is 0 Å². The van der Waals surface area contributed by atoms with Crippen LogP contribution in [0.25, 0.3) is 0 Å². The first-order valence-corrected chi connectivity index (χ1v) is 5.51. The molecule has 2 rings (SSSR count). The van der Waals surface area contributed by atoms with Crippen molar-refractivity contribution in [2.75, 3.05) is 7.05 Å². The van der Waals surface area contributed by atoms with E-state index in [2.05, 4.69) is 15.2 Å². The van der Waals surface area contributed by atoms with Crippen LogP contribution in [0.2, 0.25) is 5.02 Å². The number of halogens is 2. The lowest BCUT2D eigenvalue weighted by molar-refractivity contribution is 0.0772. The number of aromatic nitrogens is 3. The molecule has 0 spiro atoms. The monoisotopic (exact) mass is 268 g/mol. The fourth-order valence-corrected chi connectivity index (χ4v) is 1.70. The van der Waals surface area contributed by atoms with Crippen LogP contribution in [0, 0.1) is 5.82 Å². The van der Waals surface area contributed by atoms with Crippen molar-refractivity contribution >= 4 is 17.5 Å². The van der Waals surface area contributed by atoms with Gasteiger partial charge in [0.2, 0.25) is 5.82 Å². The standard InChI is InChI=1S/C11H10ClFN4O/c1-17(11(18)10-14-6-15-16-10)5-7-8(12)3-2-4-9(7)13/h2-4,6H,5H2,1H3,(H,14,15,16). The lowest BCUT2D eigenvalue weighted by Crippen LogP contribution is -2.27. The lowest BCUT2D eigenvalue weighted by Gasteiger charge is -2.16. The highest BCUT2D eigenvalue weighted by molar-refractivity contribution is 6.31. The number of hydrogen-bond donors (Lipinski definition) is 1. The number of benzene rings is 1. The zero-order valence-corrected chi connectivity index (χ0v) is 10.3. The summed E-state index contributed by atoms with van der Waals surface area (Å²) < 4.78 is 13.6. The molecule has 0 saturated carbocycles. The maximum absolute atomic E-state index is 13.6. The quantitative estimate of drug-likeness (QED) is 0.924. The summed E-state index contributed by atoms with van der Waals surface area (Å²) in [5, 5.41) is 6.32. The molecule has 1 amide bonds. The van der Waals surface area contributed by atoms with E-state index < -0.39 is 5.82 Å². The second kappa shape index (κ2) is 5.14. The van der Waals surface area contributed by atoms with Crippen molar-refractivity contribution in [1.29, 1.82) is 0 Å². The van der Waals surface area contributed by atoms with Crippen molar-refractivity contribution in [1.82, 2.24) is 20.1 Å². The first kappa shape index (κ1) is 12.5. The zero-order chi connectivity index (χ0) is 13.1. The van der Waals surface area contributed by atoms with Gasteiger partial charge < -0.3 is 4.90 Å². The molecule has 1 aromatic carbocycles. The average molecular weight is 269 g/mol. The highest BCUT2D eigenvalue weighted by atomic mass is 35.5. The molecule has 0 aliphatic carbocycles. The molecule has 1 N–H and O–H groups in total. The van der Waals surface area contributed by atoms with E-state index in [4.69, 9.17) is 11.6 Å². The number of carbonyl (C=O) groups is 1. The third-order valence-corrected chi connectivity index (χ3v) is 2.78. The fourth-order valence-electron chi connectivity index (χ4n) is 1.48. The second-order valence-corrected chi connectivity index (χ2v) is 4.10. The van der Waals surface area contributed by atoms with Gasteiger partial charge in [-0.2, -0.15) is 5.10 Å². The van der Waals surface area contributed by atoms with Gasteiger partial charge in [0.1, 0.15) is 12.1 Å². The molecule has 0 aliphatic heterocycles. The Hall–Kier alpha value is -1.95. The Kier molecular flexibility index (Phi) is 3.57. The van der Waals surface area contributed by atoms with Crippen LogP contribution in [-0.4, -0.2) is 33.0 Å². The number of carbonyl (C=O) groups excluding carboxylic acids is 1. The van der Waals surface area contributed by atoms with Crippen LogP contribution in [0.1, 0.15) is 16.2 Å². The van der Waals surface area contributed by atoms with E-state index in [0.717, 1.165) is 0 Å². The van der Waals surface area contributed by atoms with Gasteiger partial charge in [0.15, 0.2) is 0 Å². The van der Waals surface area contributed by atoms with E-state index >= 15 is 0 Å². The largest absolute Gasteiger partial charge is 0.335 e. The molecule has 0 radical (unpaired) electrons. The summed E-state index contributed by atoms with van der Waals surface area (Å²) in [5.74, 6) is -0.725. The molecular formula is C11H10ClFN4O. The molecule has 0 unspecified atom stereocenters. The first-order valence-electron chi connectivity index (χ1n) is 5.13. The van der Waals surface area contributed by atoms with Gasteiger partial charge in [-0.15, -0.1) is 0 Å². The molecule has 5 nitrogen and oxygen atoms in total. The summed E-state index contributed by atoms with van der Waals surface area (Å²) >= 11 is 5.89. The van der Waals surface area contributed by atoms with Gasteiger partial charge in [-0.3, -0.25) is 9.89 Å². The molecule has 0 fully saturated rings. The zero-order valence-electron chi connectivity index (χ0n) is 9.52. The van der Waals surface area contributed by atoms with Crippen LogP contribution in [0.15, 0.2) is 24.5 Å². The maximum atomic E-state index is 13.6. The highest BCUT2D eigenvalue weighted by Crippen LogP contribution is 2.20.